The lowest BCUT2D eigenvalue weighted by Crippen LogP contribution is -2.42. The zero-order chi connectivity index (χ0) is 11.5. The third kappa shape index (κ3) is 2.39. The minimum absolute atomic E-state index is 0.0325. The lowest BCUT2D eigenvalue weighted by Gasteiger charge is -2.30. The Balaban J connectivity index is 2.12. The Bertz CT molecular complexity index is 392. The summed E-state index contributed by atoms with van der Waals surface area (Å²) in [6.07, 6.45) is 4.58. The molecule has 16 heavy (non-hydrogen) atoms. The number of nitrogens with zero attached hydrogens (tertiary/aromatic N) is 2. The molecule has 0 aromatic carbocycles. The molecule has 1 atom stereocenters. The number of aliphatic hydroxyl groups is 1. The van der Waals surface area contributed by atoms with Gasteiger partial charge >= 0.3 is 0 Å². The maximum absolute atomic E-state index is 12.1. The summed E-state index contributed by atoms with van der Waals surface area (Å²) in [6, 6.07) is 1.83. The van der Waals surface area contributed by atoms with Crippen LogP contribution in [0.5, 0.6) is 0 Å². The van der Waals surface area contributed by atoms with E-state index in [-0.39, 0.29) is 12.0 Å². The van der Waals surface area contributed by atoms with Gasteiger partial charge in [-0.25, -0.2) is 0 Å². The van der Waals surface area contributed by atoms with Crippen molar-refractivity contribution in [2.45, 2.75) is 25.9 Å². The summed E-state index contributed by atoms with van der Waals surface area (Å²) in [5.74, 6) is -0.0325. The molecule has 1 fully saturated rings. The topological polar surface area (TPSA) is 53.4 Å². The second-order valence-corrected chi connectivity index (χ2v) is 4.30. The highest BCUT2D eigenvalue weighted by Crippen LogP contribution is 2.13. The first-order valence-electron chi connectivity index (χ1n) is 5.56. The van der Waals surface area contributed by atoms with Gasteiger partial charge in [0.1, 0.15) is 0 Å². The van der Waals surface area contributed by atoms with Crippen LogP contribution in [0.3, 0.4) is 0 Å². The molecule has 1 saturated heterocycles. The number of aryl methyl sites for hydroxylation is 1. The van der Waals surface area contributed by atoms with E-state index in [2.05, 4.69) is 4.98 Å². The average Bonchev–Trinajstić information content (AvgIpc) is 2.28. The van der Waals surface area contributed by atoms with Crippen LogP contribution in [0, 0.1) is 6.92 Å². The zero-order valence-electron chi connectivity index (χ0n) is 9.39. The molecule has 1 aromatic rings. The first-order valence-corrected chi connectivity index (χ1v) is 5.56. The van der Waals surface area contributed by atoms with E-state index in [0.29, 0.717) is 12.1 Å². The molecule has 86 valence electrons. The summed E-state index contributed by atoms with van der Waals surface area (Å²) in [4.78, 5) is 17.8. The molecule has 0 spiro atoms. The fourth-order valence-electron chi connectivity index (χ4n) is 1.99. The predicted octanol–water partition coefficient (Wildman–Crippen LogP) is 0.987. The van der Waals surface area contributed by atoms with E-state index in [1.54, 1.807) is 17.3 Å². The molecule has 0 unspecified atom stereocenters. The highest BCUT2D eigenvalue weighted by atomic mass is 16.3. The molecule has 1 aliphatic heterocycles. The maximum Gasteiger partial charge on any atom is 0.255 e. The Morgan fingerprint density at radius 2 is 2.38 bits per heavy atom. The second kappa shape index (κ2) is 4.61. The maximum atomic E-state index is 12.1. The number of aromatic nitrogens is 1. The third-order valence-electron chi connectivity index (χ3n) is 2.81. The number of piperidine rings is 1. The number of carbonyl (C=O) groups is 1. The molecule has 0 saturated carbocycles. The Morgan fingerprint density at radius 1 is 1.56 bits per heavy atom. The summed E-state index contributed by atoms with van der Waals surface area (Å²) < 4.78 is 0. The summed E-state index contributed by atoms with van der Waals surface area (Å²) in [6.45, 7) is 3.07. The Labute approximate surface area is 94.9 Å². The number of likely N-dealkylation sites (tertiary alicyclic amines) is 1. The van der Waals surface area contributed by atoms with Crippen LogP contribution in [0.4, 0.5) is 0 Å². The molecule has 1 aromatic heterocycles. The van der Waals surface area contributed by atoms with Crippen LogP contribution in [-0.2, 0) is 0 Å². The lowest BCUT2D eigenvalue weighted by atomic mass is 10.1. The fourth-order valence-corrected chi connectivity index (χ4v) is 1.99. The molecule has 1 amide bonds. The van der Waals surface area contributed by atoms with Gasteiger partial charge in [0.05, 0.1) is 11.7 Å². The number of rotatable bonds is 1. The summed E-state index contributed by atoms with van der Waals surface area (Å²) in [7, 11) is 0. The molecule has 0 bridgehead atoms. The van der Waals surface area contributed by atoms with Crippen molar-refractivity contribution < 1.29 is 9.90 Å². The van der Waals surface area contributed by atoms with Crippen molar-refractivity contribution in [3.63, 3.8) is 0 Å². The van der Waals surface area contributed by atoms with Gasteiger partial charge in [0.15, 0.2) is 0 Å². The lowest BCUT2D eigenvalue weighted by molar-refractivity contribution is 0.0473. The van der Waals surface area contributed by atoms with Gasteiger partial charge in [-0.1, -0.05) is 0 Å². The molecule has 1 aliphatic rings. The monoisotopic (exact) mass is 220 g/mol. The summed E-state index contributed by atoms with van der Waals surface area (Å²) >= 11 is 0. The molecule has 0 radical (unpaired) electrons. The number of β-amino-alcohol motifs (C(OH)–C–C–N with tert-alkyl or cyclic N) is 1. The van der Waals surface area contributed by atoms with E-state index in [1.807, 2.05) is 13.0 Å². The minimum atomic E-state index is -0.379. The quantitative estimate of drug-likeness (QED) is 0.767. The molecule has 4 nitrogen and oxygen atoms in total. The molecule has 1 N–H and O–H groups in total. The summed E-state index contributed by atoms with van der Waals surface area (Å²) in [5, 5.41) is 9.52. The van der Waals surface area contributed by atoms with Crippen LogP contribution in [0.25, 0.3) is 0 Å². The molecular formula is C12H16N2O2. The van der Waals surface area contributed by atoms with Crippen molar-refractivity contribution in [1.29, 1.82) is 0 Å². The molecular weight excluding hydrogens is 204 g/mol. The Hall–Kier alpha value is -1.42. The van der Waals surface area contributed by atoms with Crippen molar-refractivity contribution in [2.24, 2.45) is 0 Å². The van der Waals surface area contributed by atoms with Gasteiger partial charge in [-0.2, -0.15) is 0 Å². The molecule has 2 rings (SSSR count). The SMILES string of the molecule is Cc1cncc(C(=O)N2CCC[C@H](O)C2)c1. The number of hydrogen-bond acceptors (Lipinski definition) is 3. The van der Waals surface area contributed by atoms with Crippen LogP contribution < -0.4 is 0 Å². The molecule has 0 aliphatic carbocycles. The van der Waals surface area contributed by atoms with Crippen molar-refractivity contribution >= 4 is 5.91 Å². The Kier molecular flexibility index (Phi) is 3.19. The molecule has 4 heteroatoms. The van der Waals surface area contributed by atoms with Crippen molar-refractivity contribution in [1.82, 2.24) is 9.88 Å². The van der Waals surface area contributed by atoms with Crippen LogP contribution in [0.2, 0.25) is 0 Å². The van der Waals surface area contributed by atoms with Gasteiger partial charge in [0.2, 0.25) is 0 Å². The van der Waals surface area contributed by atoms with Gasteiger partial charge < -0.3 is 10.0 Å². The number of carbonyl (C=O) groups excluding carboxylic acids is 1. The largest absolute Gasteiger partial charge is 0.391 e. The van der Waals surface area contributed by atoms with Gasteiger partial charge in [-0.15, -0.1) is 0 Å². The van der Waals surface area contributed by atoms with Crippen LogP contribution in [-0.4, -0.2) is 40.1 Å². The molecule has 2 heterocycles. The van der Waals surface area contributed by atoms with Crippen LogP contribution >= 0.6 is 0 Å². The number of aliphatic hydroxyl groups excluding tert-OH is 1. The summed E-state index contributed by atoms with van der Waals surface area (Å²) in [5.41, 5.74) is 1.58. The number of amides is 1. The van der Waals surface area contributed by atoms with E-state index >= 15 is 0 Å². The van der Waals surface area contributed by atoms with Gasteiger partial charge in [0, 0.05) is 25.5 Å². The van der Waals surface area contributed by atoms with E-state index in [1.165, 1.54) is 0 Å². The first kappa shape index (κ1) is 11.1. The predicted molar refractivity (Wildman–Crippen MR) is 60.1 cm³/mol. The van der Waals surface area contributed by atoms with Gasteiger partial charge in [0.25, 0.3) is 5.91 Å². The van der Waals surface area contributed by atoms with Crippen LogP contribution in [0.15, 0.2) is 18.5 Å². The third-order valence-corrected chi connectivity index (χ3v) is 2.81. The van der Waals surface area contributed by atoms with E-state index in [0.717, 1.165) is 24.9 Å². The van der Waals surface area contributed by atoms with Gasteiger partial charge in [-0.3, -0.25) is 9.78 Å². The van der Waals surface area contributed by atoms with E-state index < -0.39 is 0 Å². The first-order chi connectivity index (χ1) is 7.66. The minimum Gasteiger partial charge on any atom is -0.391 e. The number of pyridine rings is 1. The number of hydrogen-bond donors (Lipinski definition) is 1. The standard InChI is InChI=1S/C12H16N2O2/c1-9-5-10(7-13-6-9)12(16)14-4-2-3-11(15)8-14/h5-7,11,15H,2-4,8H2,1H3/t11-/m0/s1. The van der Waals surface area contributed by atoms with Crippen molar-refractivity contribution in [2.75, 3.05) is 13.1 Å². The fraction of sp³-hybridized carbons (Fsp3) is 0.500. The van der Waals surface area contributed by atoms with Crippen LogP contribution in [0.1, 0.15) is 28.8 Å². The van der Waals surface area contributed by atoms with E-state index in [4.69, 9.17) is 0 Å². The smallest absolute Gasteiger partial charge is 0.255 e. The Morgan fingerprint density at radius 3 is 3.06 bits per heavy atom. The average molecular weight is 220 g/mol. The highest BCUT2D eigenvalue weighted by Gasteiger charge is 2.23. The van der Waals surface area contributed by atoms with Crippen molar-refractivity contribution in [3.05, 3.63) is 29.6 Å². The highest BCUT2D eigenvalue weighted by molar-refractivity contribution is 5.94. The normalized spacial score (nSPS) is 20.9. The second-order valence-electron chi connectivity index (χ2n) is 4.30. The zero-order valence-corrected chi connectivity index (χ0v) is 9.39. The van der Waals surface area contributed by atoms with E-state index in [9.17, 15) is 9.90 Å². The van der Waals surface area contributed by atoms with Crippen molar-refractivity contribution in [3.8, 4) is 0 Å². The van der Waals surface area contributed by atoms with Gasteiger partial charge in [-0.05, 0) is 31.4 Å².